The summed E-state index contributed by atoms with van der Waals surface area (Å²) in [6.07, 6.45) is 18.5. The zero-order valence-corrected chi connectivity index (χ0v) is 17.7. The average Bonchev–Trinajstić information content (AvgIpc) is 2.61. The van der Waals surface area contributed by atoms with Crippen LogP contribution in [0.15, 0.2) is 0 Å². The molecule has 0 aliphatic heterocycles. The predicted molar refractivity (Wildman–Crippen MR) is 108 cm³/mol. The smallest absolute Gasteiger partial charge is 0.247 e. The van der Waals surface area contributed by atoms with Crippen molar-refractivity contribution in [1.29, 1.82) is 0 Å². The van der Waals surface area contributed by atoms with E-state index in [0.29, 0.717) is 0 Å². The quantitative estimate of drug-likeness (QED) is 0.231. The molecular weight excluding hydrogens is 308 g/mol. The number of unbranched alkanes of at least 4 members (excludes halogenated alkanes) is 10. The molecule has 0 heterocycles. The lowest BCUT2D eigenvalue weighted by molar-refractivity contribution is -0.161. The minimum atomic E-state index is -0.790. The third-order valence-electron chi connectivity index (χ3n) is 6.19. The second-order valence-corrected chi connectivity index (χ2v) is 7.98. The lowest BCUT2D eigenvalue weighted by Crippen LogP contribution is -2.37. The molecule has 0 saturated carbocycles. The third kappa shape index (κ3) is 9.66. The third-order valence-corrected chi connectivity index (χ3v) is 6.19. The van der Waals surface area contributed by atoms with Crippen molar-refractivity contribution in [1.82, 2.24) is 0 Å². The highest BCUT2D eigenvalue weighted by Gasteiger charge is 2.43. The Balaban J connectivity index is 4.47. The maximum absolute atomic E-state index is 12.1. The summed E-state index contributed by atoms with van der Waals surface area (Å²) < 4.78 is 0. The molecule has 0 amide bonds. The van der Waals surface area contributed by atoms with E-state index in [1.165, 1.54) is 70.6 Å². The molecule has 0 aliphatic rings. The molecule has 2 heteroatoms. The summed E-state index contributed by atoms with van der Waals surface area (Å²) in [5, 5.41) is 12.1. The van der Waals surface area contributed by atoms with E-state index in [9.17, 15) is 9.90 Å². The van der Waals surface area contributed by atoms with Crippen LogP contribution in [-0.4, -0.2) is 5.97 Å². The molecule has 0 aliphatic carbocycles. The predicted octanol–water partition coefficient (Wildman–Crippen LogP) is 7.87. The molecule has 0 aromatic heterocycles. The molecule has 0 saturated heterocycles. The van der Waals surface area contributed by atoms with Gasteiger partial charge in [-0.15, -0.1) is 0 Å². The minimum absolute atomic E-state index is 0.282. The second kappa shape index (κ2) is 15.7. The average molecular weight is 354 g/mol. The molecule has 149 valence electrons. The van der Waals surface area contributed by atoms with Crippen LogP contribution in [0.4, 0.5) is 0 Å². The Morgan fingerprint density at radius 3 is 1.64 bits per heavy atom. The van der Waals surface area contributed by atoms with Gasteiger partial charge in [0, 0.05) is 0 Å². The van der Waals surface area contributed by atoms with Crippen molar-refractivity contribution < 1.29 is 9.90 Å². The molecule has 0 spiro atoms. The van der Waals surface area contributed by atoms with Crippen LogP contribution < -0.4 is 0 Å². The van der Waals surface area contributed by atoms with Crippen LogP contribution >= 0.6 is 0 Å². The molecule has 2 nitrogen and oxygen atoms in total. The molecule has 2 unspecified atom stereocenters. The van der Waals surface area contributed by atoms with E-state index < -0.39 is 11.4 Å². The van der Waals surface area contributed by atoms with E-state index in [2.05, 4.69) is 27.7 Å². The Bertz CT molecular complexity index is 313. The van der Waals surface area contributed by atoms with Gasteiger partial charge >= 0.3 is 5.97 Å². The Kier molecular flexibility index (Phi) is 15.4. The van der Waals surface area contributed by atoms with Gasteiger partial charge in [-0.2, -0.15) is 0 Å². The van der Waals surface area contributed by atoms with Crippen molar-refractivity contribution >= 4 is 5.97 Å². The fourth-order valence-electron chi connectivity index (χ4n) is 4.35. The molecule has 0 fully saturated rings. The van der Waals surface area contributed by atoms with Crippen LogP contribution in [0.5, 0.6) is 0 Å². The second-order valence-electron chi connectivity index (χ2n) is 7.98. The molecule has 2 atom stereocenters. The Hall–Kier alpha value is -0.530. The molecule has 25 heavy (non-hydrogen) atoms. The van der Waals surface area contributed by atoms with Gasteiger partial charge in [0.05, 0.1) is 5.41 Å². The van der Waals surface area contributed by atoms with Crippen molar-refractivity contribution in [2.45, 2.75) is 130 Å². The minimum Gasteiger partial charge on any atom is -0.247 e. The molecule has 0 bridgehead atoms. The molecule has 1 radical (unpaired) electrons. The van der Waals surface area contributed by atoms with Gasteiger partial charge in [0.25, 0.3) is 0 Å². The maximum atomic E-state index is 12.1. The lowest BCUT2D eigenvalue weighted by Gasteiger charge is -2.35. The van der Waals surface area contributed by atoms with E-state index in [0.717, 1.165) is 32.1 Å². The molecule has 0 aromatic rings. The number of hydrogen-bond acceptors (Lipinski definition) is 1. The van der Waals surface area contributed by atoms with Crippen molar-refractivity contribution in [3.8, 4) is 0 Å². The summed E-state index contributed by atoms with van der Waals surface area (Å²) in [5.74, 6) is -0.509. The van der Waals surface area contributed by atoms with Crippen molar-refractivity contribution in [2.24, 2.45) is 11.3 Å². The molecule has 0 N–H and O–H groups in total. The van der Waals surface area contributed by atoms with Crippen LogP contribution in [0.2, 0.25) is 0 Å². The van der Waals surface area contributed by atoms with Gasteiger partial charge < -0.3 is 0 Å². The molecular formula is C23H45O2. The first-order valence-corrected chi connectivity index (χ1v) is 11.3. The van der Waals surface area contributed by atoms with Crippen LogP contribution in [-0.2, 0) is 9.90 Å². The highest BCUT2D eigenvalue weighted by atomic mass is 16.4. The fraction of sp³-hybridized carbons (Fsp3) is 0.957. The summed E-state index contributed by atoms with van der Waals surface area (Å²) in [7, 11) is 0. The van der Waals surface area contributed by atoms with Gasteiger partial charge in [-0.1, -0.05) is 111 Å². The van der Waals surface area contributed by atoms with Crippen LogP contribution in [0.1, 0.15) is 130 Å². The summed E-state index contributed by atoms with van der Waals surface area (Å²) >= 11 is 0. The number of carbonyl (C=O) groups excluding carboxylic acids is 1. The van der Waals surface area contributed by atoms with Gasteiger partial charge in [0.15, 0.2) is 0 Å². The van der Waals surface area contributed by atoms with Gasteiger partial charge in [0.2, 0.25) is 0 Å². The Morgan fingerprint density at radius 2 is 1.20 bits per heavy atom. The van der Waals surface area contributed by atoms with Crippen molar-refractivity contribution in [2.75, 3.05) is 0 Å². The van der Waals surface area contributed by atoms with Crippen LogP contribution in [0.3, 0.4) is 0 Å². The van der Waals surface area contributed by atoms with E-state index in [1.807, 2.05) is 0 Å². The maximum Gasteiger partial charge on any atom is 0.361 e. The Labute approximate surface area is 158 Å². The molecule has 0 rings (SSSR count). The number of carbonyl (C=O) groups is 1. The summed E-state index contributed by atoms with van der Waals surface area (Å²) in [5.41, 5.74) is -0.594. The highest BCUT2D eigenvalue weighted by Crippen LogP contribution is 2.42. The topological polar surface area (TPSA) is 37.0 Å². The molecule has 0 aromatic carbocycles. The first-order valence-electron chi connectivity index (χ1n) is 11.3. The highest BCUT2D eigenvalue weighted by molar-refractivity contribution is 5.74. The van der Waals surface area contributed by atoms with Gasteiger partial charge in [0.1, 0.15) is 0 Å². The van der Waals surface area contributed by atoms with Gasteiger partial charge in [-0.05, 0) is 25.2 Å². The number of rotatable bonds is 18. The van der Waals surface area contributed by atoms with Gasteiger partial charge in [-0.25, -0.2) is 9.90 Å². The van der Waals surface area contributed by atoms with Crippen molar-refractivity contribution in [3.05, 3.63) is 0 Å². The summed E-state index contributed by atoms with van der Waals surface area (Å²) in [6.45, 7) is 8.68. The van der Waals surface area contributed by atoms with E-state index >= 15 is 0 Å². The largest absolute Gasteiger partial charge is 0.361 e. The van der Waals surface area contributed by atoms with Crippen molar-refractivity contribution in [3.63, 3.8) is 0 Å². The van der Waals surface area contributed by atoms with E-state index in [1.54, 1.807) is 0 Å². The monoisotopic (exact) mass is 353 g/mol. The fourth-order valence-corrected chi connectivity index (χ4v) is 4.35. The van der Waals surface area contributed by atoms with Crippen LogP contribution in [0.25, 0.3) is 0 Å². The zero-order chi connectivity index (χ0) is 19.0. The van der Waals surface area contributed by atoms with E-state index in [-0.39, 0.29) is 5.92 Å². The first kappa shape index (κ1) is 24.5. The standard InChI is InChI=1S/C23H45O2/c1-5-9-11-13-15-17-19-21(7-3)23(8-4,22(24)25)20-18-16-14-12-10-6-2/h21H,5-20H2,1-4H3. The lowest BCUT2D eigenvalue weighted by atomic mass is 9.67. The first-order chi connectivity index (χ1) is 12.1. The van der Waals surface area contributed by atoms with E-state index in [4.69, 9.17) is 0 Å². The van der Waals surface area contributed by atoms with Gasteiger partial charge in [-0.3, -0.25) is 0 Å². The zero-order valence-electron chi connectivity index (χ0n) is 17.7. The summed E-state index contributed by atoms with van der Waals surface area (Å²) in [4.78, 5) is 12.1. The Morgan fingerprint density at radius 1 is 0.720 bits per heavy atom. The summed E-state index contributed by atoms with van der Waals surface area (Å²) in [6, 6.07) is 0. The normalized spacial score (nSPS) is 15.0. The van der Waals surface area contributed by atoms with Crippen LogP contribution in [0, 0.1) is 11.3 Å². The number of hydrogen-bond donors (Lipinski definition) is 0. The SMILES string of the molecule is CCCCCCCCC(CC)C(CC)(CCCCCCCC)C([O])=O.